The van der Waals surface area contributed by atoms with E-state index in [1.165, 1.54) is 75.8 Å². The van der Waals surface area contributed by atoms with Crippen molar-refractivity contribution in [3.8, 4) is 11.4 Å². The first-order valence-electron chi connectivity index (χ1n) is 26.1. The number of rotatable bonds is 5. The van der Waals surface area contributed by atoms with E-state index in [0.29, 0.717) is 5.84 Å². The van der Waals surface area contributed by atoms with Crippen LogP contribution in [0.3, 0.4) is 0 Å². The first kappa shape index (κ1) is 42.0. The second kappa shape index (κ2) is 16.5. The molecule has 5 heteroatoms. The summed E-state index contributed by atoms with van der Waals surface area (Å²) in [5.74, 6) is 0.694. The van der Waals surface area contributed by atoms with Gasteiger partial charge in [0.1, 0.15) is 11.2 Å². The van der Waals surface area contributed by atoms with E-state index in [0.717, 1.165) is 85.8 Å². The van der Waals surface area contributed by atoms with Crippen LogP contribution >= 0.6 is 0 Å². The standard InChI is InChI=1S/C70H46N4O/c1-2-23-51(24-3-1)73-61-31-13-12-27-55(61)56-38-49(33-34-62(56)73)59-29-15-30-60(54-28-14-22-43-16-8-10-25-52(43)54)72-70(71-59)50-40-65(69-58-37-46-19-5-7-21-48(46)41-66(58)75-67(69)42-50)74-63-35-32-44-17-9-11-26-53(44)68(63)57-36-45-18-4-6-20-47(45)39-64(57)74/h1-14,16-28,31-42,59H,15,29-30H2/b71-70-,72-60+. The van der Waals surface area contributed by atoms with Crippen molar-refractivity contribution in [1.29, 1.82) is 0 Å². The highest BCUT2D eigenvalue weighted by atomic mass is 16.3. The first-order chi connectivity index (χ1) is 37.2. The van der Waals surface area contributed by atoms with Gasteiger partial charge in [0, 0.05) is 43.7 Å². The Hall–Kier alpha value is -9.58. The summed E-state index contributed by atoms with van der Waals surface area (Å²) in [4.78, 5) is 11.7. The molecule has 0 saturated carbocycles. The van der Waals surface area contributed by atoms with E-state index >= 15 is 0 Å². The van der Waals surface area contributed by atoms with Crippen molar-refractivity contribution in [3.63, 3.8) is 0 Å². The third kappa shape index (κ3) is 6.57. The van der Waals surface area contributed by atoms with Crippen molar-refractivity contribution in [1.82, 2.24) is 9.13 Å². The van der Waals surface area contributed by atoms with Gasteiger partial charge in [0.15, 0.2) is 5.84 Å². The molecule has 0 radical (unpaired) electrons. The molecule has 16 rings (SSSR count). The van der Waals surface area contributed by atoms with Crippen LogP contribution < -0.4 is 0 Å². The third-order valence-electron chi connectivity index (χ3n) is 16.0. The van der Waals surface area contributed by atoms with Crippen molar-refractivity contribution in [3.05, 3.63) is 253 Å². The highest BCUT2D eigenvalue weighted by molar-refractivity contribution is 6.25. The highest BCUT2D eigenvalue weighted by Gasteiger charge is 2.26. The Balaban J connectivity index is 0.995. The molecule has 0 bridgehead atoms. The van der Waals surface area contributed by atoms with E-state index in [-0.39, 0.29) is 6.04 Å². The smallest absolute Gasteiger partial charge is 0.155 e. The summed E-state index contributed by atoms with van der Waals surface area (Å²) < 4.78 is 12.0. The van der Waals surface area contributed by atoms with Gasteiger partial charge in [0.2, 0.25) is 0 Å². The second-order valence-corrected chi connectivity index (χ2v) is 20.3. The van der Waals surface area contributed by atoms with Crippen LogP contribution in [0.4, 0.5) is 0 Å². The summed E-state index contributed by atoms with van der Waals surface area (Å²) in [7, 11) is 0. The van der Waals surface area contributed by atoms with Crippen LogP contribution in [0.5, 0.6) is 0 Å². The summed E-state index contributed by atoms with van der Waals surface area (Å²) in [6, 6.07) is 86.1. The molecule has 3 aromatic heterocycles. The molecule has 0 fully saturated rings. The molecular weight excluding hydrogens is 913 g/mol. The van der Waals surface area contributed by atoms with E-state index in [4.69, 9.17) is 14.4 Å². The second-order valence-electron chi connectivity index (χ2n) is 20.3. The van der Waals surface area contributed by atoms with E-state index in [1.54, 1.807) is 0 Å². The Morgan fingerprint density at radius 3 is 1.85 bits per heavy atom. The normalized spacial score (nSPS) is 15.9. The maximum atomic E-state index is 7.14. The fourth-order valence-electron chi connectivity index (χ4n) is 12.6. The molecule has 0 amide bonds. The van der Waals surface area contributed by atoms with Crippen LogP contribution in [0.1, 0.15) is 42.0 Å². The molecule has 1 atom stereocenters. The van der Waals surface area contributed by atoms with E-state index in [1.807, 2.05) is 0 Å². The highest BCUT2D eigenvalue weighted by Crippen LogP contribution is 2.44. The molecule has 1 aliphatic heterocycles. The van der Waals surface area contributed by atoms with Crippen molar-refractivity contribution >= 4 is 120 Å². The minimum atomic E-state index is -0.160. The number of furan rings is 1. The molecule has 0 saturated heterocycles. The maximum absolute atomic E-state index is 7.14. The molecule has 0 N–H and O–H groups in total. The number of hydrogen-bond acceptors (Lipinski definition) is 3. The van der Waals surface area contributed by atoms with Crippen LogP contribution in [0.25, 0.3) is 120 Å². The summed E-state index contributed by atoms with van der Waals surface area (Å²) in [6.45, 7) is 0. The van der Waals surface area contributed by atoms with Gasteiger partial charge in [-0.1, -0.05) is 164 Å². The molecule has 75 heavy (non-hydrogen) atoms. The SMILES string of the molecule is c1ccc(-n2c3ccccc3c3cc(C4CCC/C(c5cccc6ccccc56)=N\C(c5cc(-n6c7cc8ccccc8cc7c7c8ccccc8ccc76)c6c(c5)oc5cc7ccccc7cc56)=N/4)ccc32)cc1. The number of para-hydroxylation sites is 2. The van der Waals surface area contributed by atoms with Gasteiger partial charge >= 0.3 is 0 Å². The zero-order valence-corrected chi connectivity index (χ0v) is 40.9. The molecule has 15 aromatic rings. The fraction of sp³-hybridized carbons (Fsp3) is 0.0571. The lowest BCUT2D eigenvalue weighted by molar-refractivity contribution is 0.622. The summed E-state index contributed by atoms with van der Waals surface area (Å²) in [5.41, 5.74) is 12.7. The lowest BCUT2D eigenvalue weighted by Gasteiger charge is -2.20. The van der Waals surface area contributed by atoms with Gasteiger partial charge < -0.3 is 13.6 Å². The van der Waals surface area contributed by atoms with E-state index in [9.17, 15) is 0 Å². The number of nitrogens with zero attached hydrogens (tertiary/aromatic N) is 4. The van der Waals surface area contributed by atoms with Crippen molar-refractivity contribution in [2.45, 2.75) is 25.3 Å². The molecule has 5 nitrogen and oxygen atoms in total. The summed E-state index contributed by atoms with van der Waals surface area (Å²) in [6.07, 6.45) is 2.59. The van der Waals surface area contributed by atoms with Crippen molar-refractivity contribution in [2.24, 2.45) is 9.98 Å². The number of benzene rings is 12. The summed E-state index contributed by atoms with van der Waals surface area (Å²) >= 11 is 0. The van der Waals surface area contributed by atoms with Gasteiger partial charge in [-0.15, -0.1) is 0 Å². The average Bonchev–Trinajstić information content (AvgIpc) is 4.20. The number of amidine groups is 1. The lowest BCUT2D eigenvalue weighted by atomic mass is 9.94. The van der Waals surface area contributed by atoms with Crippen LogP contribution in [0.2, 0.25) is 0 Å². The molecule has 0 spiro atoms. The Kier molecular flexibility index (Phi) is 9.22. The molecule has 4 heterocycles. The zero-order chi connectivity index (χ0) is 49.1. The van der Waals surface area contributed by atoms with Gasteiger partial charge in [0.25, 0.3) is 0 Å². The Bertz CT molecular complexity index is 4930. The monoisotopic (exact) mass is 958 g/mol. The van der Waals surface area contributed by atoms with Crippen LogP contribution in [-0.2, 0) is 0 Å². The Labute approximate surface area is 431 Å². The van der Waals surface area contributed by atoms with E-state index < -0.39 is 0 Å². The first-order valence-corrected chi connectivity index (χ1v) is 26.1. The van der Waals surface area contributed by atoms with Gasteiger partial charge in [-0.05, 0) is 141 Å². The van der Waals surface area contributed by atoms with Crippen LogP contribution in [0.15, 0.2) is 251 Å². The van der Waals surface area contributed by atoms with Crippen molar-refractivity contribution < 1.29 is 4.42 Å². The predicted octanol–water partition coefficient (Wildman–Crippen LogP) is 18.6. The lowest BCUT2D eigenvalue weighted by Crippen LogP contribution is -2.13. The van der Waals surface area contributed by atoms with E-state index in [2.05, 4.69) is 246 Å². The maximum Gasteiger partial charge on any atom is 0.155 e. The topological polar surface area (TPSA) is 47.7 Å². The largest absolute Gasteiger partial charge is 0.456 e. The molecular formula is C70H46N4O. The van der Waals surface area contributed by atoms with Gasteiger partial charge in [0.05, 0.1) is 44.9 Å². The van der Waals surface area contributed by atoms with Gasteiger partial charge in [-0.2, -0.15) is 0 Å². The molecule has 352 valence electrons. The minimum absolute atomic E-state index is 0.160. The minimum Gasteiger partial charge on any atom is -0.456 e. The van der Waals surface area contributed by atoms with Crippen LogP contribution in [0, 0.1) is 0 Å². The number of aliphatic imine (C=N–C) groups is 2. The Morgan fingerprint density at radius 1 is 0.400 bits per heavy atom. The van der Waals surface area contributed by atoms with Crippen molar-refractivity contribution in [2.75, 3.05) is 0 Å². The Morgan fingerprint density at radius 2 is 1.04 bits per heavy atom. The molecule has 1 aliphatic rings. The molecule has 1 unspecified atom stereocenters. The number of hydrogen-bond donors (Lipinski definition) is 0. The predicted molar refractivity (Wildman–Crippen MR) is 315 cm³/mol. The average molecular weight is 959 g/mol. The zero-order valence-electron chi connectivity index (χ0n) is 40.9. The third-order valence-corrected chi connectivity index (χ3v) is 16.0. The quantitative estimate of drug-likeness (QED) is 0.170. The number of fused-ring (bicyclic) bond motifs is 14. The van der Waals surface area contributed by atoms with Gasteiger partial charge in [-0.25, -0.2) is 4.99 Å². The van der Waals surface area contributed by atoms with Gasteiger partial charge in [-0.3, -0.25) is 4.99 Å². The molecule has 0 aliphatic carbocycles. The fourth-order valence-corrected chi connectivity index (χ4v) is 12.6. The number of aromatic nitrogens is 2. The summed E-state index contributed by atoms with van der Waals surface area (Å²) in [5, 5.41) is 16.6. The van der Waals surface area contributed by atoms with Crippen LogP contribution in [-0.4, -0.2) is 20.7 Å². The molecule has 12 aromatic carbocycles.